The number of nitrogens with one attached hydrogen (secondary N) is 1. The lowest BCUT2D eigenvalue weighted by Gasteiger charge is -2.10. The van der Waals surface area contributed by atoms with Crippen molar-refractivity contribution in [3.63, 3.8) is 0 Å². The van der Waals surface area contributed by atoms with E-state index in [0.29, 0.717) is 4.47 Å². The Bertz CT molecular complexity index is 536. The Morgan fingerprint density at radius 3 is 2.75 bits per heavy atom. The van der Waals surface area contributed by atoms with Crippen molar-refractivity contribution >= 4 is 31.6 Å². The highest BCUT2D eigenvalue weighted by atomic mass is 79.9. The lowest BCUT2D eigenvalue weighted by Crippen LogP contribution is -2.23. The molecule has 1 unspecified atom stereocenters. The predicted octanol–water partition coefficient (Wildman–Crippen LogP) is 1.81. The Hall–Kier alpha value is -1.26. The van der Waals surface area contributed by atoms with Gasteiger partial charge in [0, 0.05) is 4.47 Å². The van der Waals surface area contributed by atoms with E-state index in [-0.39, 0.29) is 11.4 Å². The van der Waals surface area contributed by atoms with Gasteiger partial charge in [-0.15, -0.1) is 0 Å². The van der Waals surface area contributed by atoms with Crippen molar-refractivity contribution in [3.8, 4) is 11.8 Å². The van der Waals surface area contributed by atoms with E-state index in [9.17, 15) is 13.5 Å². The molecular formula is C9H9BrN2O3S. The molecule has 5 nitrogen and oxygen atoms in total. The minimum Gasteiger partial charge on any atom is -0.506 e. The average molecular weight is 305 g/mol. The summed E-state index contributed by atoms with van der Waals surface area (Å²) in [4.78, 5) is 0. The molecule has 0 bridgehead atoms. The standard InChI is InChI=1S/C9H9BrN2O3S/c1-6(5-11)16(14,15)12-8-4-7(10)2-3-9(8)13/h2-4,6,12-13H,1H3. The largest absolute Gasteiger partial charge is 0.506 e. The van der Waals surface area contributed by atoms with E-state index in [1.54, 1.807) is 12.1 Å². The minimum atomic E-state index is -3.79. The van der Waals surface area contributed by atoms with Gasteiger partial charge in [0.1, 0.15) is 5.75 Å². The van der Waals surface area contributed by atoms with Crippen LogP contribution in [-0.4, -0.2) is 18.8 Å². The van der Waals surface area contributed by atoms with Gasteiger partial charge in [-0.25, -0.2) is 8.42 Å². The molecule has 0 saturated heterocycles. The van der Waals surface area contributed by atoms with Gasteiger partial charge in [0.25, 0.3) is 0 Å². The van der Waals surface area contributed by atoms with Crippen molar-refractivity contribution in [3.05, 3.63) is 22.7 Å². The van der Waals surface area contributed by atoms with Gasteiger partial charge in [-0.3, -0.25) is 4.72 Å². The third kappa shape index (κ3) is 2.87. The molecule has 7 heteroatoms. The zero-order valence-electron chi connectivity index (χ0n) is 8.31. The second-order valence-corrected chi connectivity index (χ2v) is 6.00. The highest BCUT2D eigenvalue weighted by molar-refractivity contribution is 9.10. The number of rotatable bonds is 3. The number of phenols is 1. The van der Waals surface area contributed by atoms with E-state index in [4.69, 9.17) is 5.26 Å². The van der Waals surface area contributed by atoms with Crippen LogP contribution in [-0.2, 0) is 10.0 Å². The first-order valence-electron chi connectivity index (χ1n) is 4.26. The second kappa shape index (κ2) is 4.72. The van der Waals surface area contributed by atoms with Crippen molar-refractivity contribution in [1.29, 1.82) is 5.26 Å². The maximum absolute atomic E-state index is 11.5. The van der Waals surface area contributed by atoms with Crippen LogP contribution in [0.2, 0.25) is 0 Å². The van der Waals surface area contributed by atoms with Crippen molar-refractivity contribution < 1.29 is 13.5 Å². The van der Waals surface area contributed by atoms with E-state index in [2.05, 4.69) is 20.7 Å². The fourth-order valence-corrected chi connectivity index (χ4v) is 2.05. The van der Waals surface area contributed by atoms with E-state index < -0.39 is 15.3 Å². The number of hydrogen-bond donors (Lipinski definition) is 2. The number of benzene rings is 1. The molecule has 0 aliphatic carbocycles. The number of anilines is 1. The van der Waals surface area contributed by atoms with E-state index in [1.165, 1.54) is 19.1 Å². The van der Waals surface area contributed by atoms with Crippen LogP contribution >= 0.6 is 15.9 Å². The molecule has 0 saturated carbocycles. The number of hydrogen-bond acceptors (Lipinski definition) is 4. The highest BCUT2D eigenvalue weighted by Gasteiger charge is 2.21. The molecule has 0 heterocycles. The summed E-state index contributed by atoms with van der Waals surface area (Å²) < 4.78 is 25.8. The predicted molar refractivity (Wildman–Crippen MR) is 63.4 cm³/mol. The molecule has 16 heavy (non-hydrogen) atoms. The molecule has 1 aromatic rings. The Kier molecular flexibility index (Phi) is 3.78. The van der Waals surface area contributed by atoms with Crippen molar-refractivity contribution in [2.24, 2.45) is 0 Å². The fraction of sp³-hybridized carbons (Fsp3) is 0.222. The zero-order chi connectivity index (χ0) is 12.3. The van der Waals surface area contributed by atoms with Crippen LogP contribution in [0.3, 0.4) is 0 Å². The van der Waals surface area contributed by atoms with Gasteiger partial charge in [-0.05, 0) is 25.1 Å². The van der Waals surface area contributed by atoms with Crippen LogP contribution < -0.4 is 4.72 Å². The molecule has 1 aromatic carbocycles. The number of nitrogens with zero attached hydrogens (tertiary/aromatic N) is 1. The summed E-state index contributed by atoms with van der Waals surface area (Å²) in [6.07, 6.45) is 0. The number of phenolic OH excluding ortho intramolecular Hbond substituents is 1. The molecule has 0 aromatic heterocycles. The molecule has 1 rings (SSSR count). The van der Waals surface area contributed by atoms with E-state index >= 15 is 0 Å². The van der Waals surface area contributed by atoms with Gasteiger partial charge in [-0.1, -0.05) is 15.9 Å². The van der Waals surface area contributed by atoms with Gasteiger partial charge in [-0.2, -0.15) is 5.26 Å². The molecule has 86 valence electrons. The van der Waals surface area contributed by atoms with Gasteiger partial charge in [0.2, 0.25) is 10.0 Å². The maximum Gasteiger partial charge on any atom is 0.248 e. The first kappa shape index (κ1) is 12.8. The minimum absolute atomic E-state index is 0.0384. The van der Waals surface area contributed by atoms with Crippen LogP contribution in [0.5, 0.6) is 5.75 Å². The van der Waals surface area contributed by atoms with E-state index in [1.807, 2.05) is 0 Å². The van der Waals surface area contributed by atoms with Gasteiger partial charge in [0.05, 0.1) is 11.8 Å². The summed E-state index contributed by atoms with van der Waals surface area (Å²) >= 11 is 3.15. The molecule has 0 spiro atoms. The van der Waals surface area contributed by atoms with Crippen LogP contribution in [0.15, 0.2) is 22.7 Å². The van der Waals surface area contributed by atoms with Crippen molar-refractivity contribution in [2.45, 2.75) is 12.2 Å². The third-order valence-electron chi connectivity index (χ3n) is 1.86. The molecular weight excluding hydrogens is 296 g/mol. The molecule has 0 amide bonds. The number of halogens is 1. The molecule has 1 atom stereocenters. The van der Waals surface area contributed by atoms with Crippen LogP contribution in [0.1, 0.15) is 6.92 Å². The second-order valence-electron chi connectivity index (χ2n) is 3.08. The lowest BCUT2D eigenvalue weighted by atomic mass is 10.3. The SMILES string of the molecule is CC(C#N)S(=O)(=O)Nc1cc(Br)ccc1O. The van der Waals surface area contributed by atoms with Crippen LogP contribution in [0, 0.1) is 11.3 Å². The first-order valence-corrected chi connectivity index (χ1v) is 6.60. The normalized spacial score (nSPS) is 12.8. The zero-order valence-corrected chi connectivity index (χ0v) is 10.7. The molecule has 0 radical (unpaired) electrons. The maximum atomic E-state index is 11.5. The van der Waals surface area contributed by atoms with Crippen molar-refractivity contribution in [1.82, 2.24) is 0 Å². The summed E-state index contributed by atoms with van der Waals surface area (Å²) in [6.45, 7) is 1.26. The topological polar surface area (TPSA) is 90.2 Å². The summed E-state index contributed by atoms with van der Waals surface area (Å²) in [5.74, 6) is -0.197. The van der Waals surface area contributed by atoms with Gasteiger partial charge < -0.3 is 5.11 Å². The summed E-state index contributed by atoms with van der Waals surface area (Å²) in [6, 6.07) is 5.95. The average Bonchev–Trinajstić information content (AvgIpc) is 2.22. The Morgan fingerprint density at radius 2 is 2.19 bits per heavy atom. The van der Waals surface area contributed by atoms with Crippen molar-refractivity contribution in [2.75, 3.05) is 4.72 Å². The lowest BCUT2D eigenvalue weighted by molar-refractivity contribution is 0.477. The molecule has 0 fully saturated rings. The molecule has 0 aliphatic rings. The Balaban J connectivity index is 3.07. The molecule has 2 N–H and O–H groups in total. The third-order valence-corrected chi connectivity index (χ3v) is 3.89. The summed E-state index contributed by atoms with van der Waals surface area (Å²) in [7, 11) is -3.79. The van der Waals surface area contributed by atoms with Gasteiger partial charge in [0.15, 0.2) is 5.25 Å². The van der Waals surface area contributed by atoms with Gasteiger partial charge >= 0.3 is 0 Å². The number of nitriles is 1. The monoisotopic (exact) mass is 304 g/mol. The number of aromatic hydroxyl groups is 1. The Labute approximate surface area is 102 Å². The summed E-state index contributed by atoms with van der Waals surface area (Å²) in [5, 5.41) is 16.8. The van der Waals surface area contributed by atoms with Crippen LogP contribution in [0.4, 0.5) is 5.69 Å². The highest BCUT2D eigenvalue weighted by Crippen LogP contribution is 2.28. The number of sulfonamides is 1. The quantitative estimate of drug-likeness (QED) is 0.833. The van der Waals surface area contributed by atoms with E-state index in [0.717, 1.165) is 0 Å². The molecule has 0 aliphatic heterocycles. The summed E-state index contributed by atoms with van der Waals surface area (Å²) in [5.41, 5.74) is 0.0384. The first-order chi connectivity index (χ1) is 7.36. The fourth-order valence-electron chi connectivity index (χ4n) is 0.901. The van der Waals surface area contributed by atoms with Crippen LogP contribution in [0.25, 0.3) is 0 Å². The smallest absolute Gasteiger partial charge is 0.248 e. The Morgan fingerprint density at radius 1 is 1.56 bits per heavy atom.